The van der Waals surface area contributed by atoms with Crippen LogP contribution in [0.5, 0.6) is 17.2 Å². The van der Waals surface area contributed by atoms with Gasteiger partial charge < -0.3 is 14.2 Å². The standard InChI is InChI=1S/C24H30N2O4/c1-23(2,3)15-24(4,5)18-7-9-19(10-8-18)28-14-22(27)26-25-13-17-6-11-20-21(12-17)30-16-29-20/h6-13H,14-16H2,1-5H3,(H,26,27)/b25-13-. The van der Waals surface area contributed by atoms with Crippen LogP contribution in [0.15, 0.2) is 47.6 Å². The molecule has 6 nitrogen and oxygen atoms in total. The third kappa shape index (κ3) is 5.99. The molecule has 2 aromatic carbocycles. The van der Waals surface area contributed by atoms with Gasteiger partial charge in [0.25, 0.3) is 5.91 Å². The molecule has 0 atom stereocenters. The van der Waals surface area contributed by atoms with E-state index >= 15 is 0 Å². The smallest absolute Gasteiger partial charge is 0.277 e. The van der Waals surface area contributed by atoms with E-state index in [1.165, 1.54) is 5.56 Å². The molecule has 0 unspecified atom stereocenters. The summed E-state index contributed by atoms with van der Waals surface area (Å²) >= 11 is 0. The predicted octanol–water partition coefficient (Wildman–Crippen LogP) is 4.66. The maximum atomic E-state index is 12.0. The zero-order valence-corrected chi connectivity index (χ0v) is 18.3. The van der Waals surface area contributed by atoms with Crippen molar-refractivity contribution >= 4 is 12.1 Å². The van der Waals surface area contributed by atoms with Crippen molar-refractivity contribution in [3.05, 3.63) is 53.6 Å². The first-order valence-corrected chi connectivity index (χ1v) is 10.1. The lowest BCUT2D eigenvalue weighted by atomic mass is 9.72. The van der Waals surface area contributed by atoms with E-state index in [4.69, 9.17) is 14.2 Å². The van der Waals surface area contributed by atoms with Crippen LogP contribution in [-0.4, -0.2) is 25.5 Å². The van der Waals surface area contributed by atoms with E-state index < -0.39 is 0 Å². The van der Waals surface area contributed by atoms with Crippen molar-refractivity contribution in [2.75, 3.05) is 13.4 Å². The summed E-state index contributed by atoms with van der Waals surface area (Å²) in [6.07, 6.45) is 2.62. The highest BCUT2D eigenvalue weighted by molar-refractivity contribution is 5.83. The molecule has 1 aliphatic rings. The molecule has 30 heavy (non-hydrogen) atoms. The number of amides is 1. The van der Waals surface area contributed by atoms with Crippen molar-refractivity contribution in [1.82, 2.24) is 5.43 Å². The average Bonchev–Trinajstić information content (AvgIpc) is 3.13. The Bertz CT molecular complexity index is 912. The summed E-state index contributed by atoms with van der Waals surface area (Å²) in [5, 5.41) is 3.96. The van der Waals surface area contributed by atoms with E-state index in [1.54, 1.807) is 18.3 Å². The summed E-state index contributed by atoms with van der Waals surface area (Å²) in [6, 6.07) is 13.4. The van der Waals surface area contributed by atoms with Gasteiger partial charge in [0.1, 0.15) is 5.75 Å². The molecule has 1 amide bonds. The van der Waals surface area contributed by atoms with Gasteiger partial charge in [-0.2, -0.15) is 5.10 Å². The van der Waals surface area contributed by atoms with Gasteiger partial charge in [-0.25, -0.2) is 5.43 Å². The molecule has 160 valence electrons. The fourth-order valence-electron chi connectivity index (χ4n) is 3.78. The summed E-state index contributed by atoms with van der Waals surface area (Å²) < 4.78 is 16.2. The lowest BCUT2D eigenvalue weighted by molar-refractivity contribution is -0.123. The average molecular weight is 411 g/mol. The molecule has 0 fully saturated rings. The Hall–Kier alpha value is -3.02. The molecule has 3 rings (SSSR count). The summed E-state index contributed by atoms with van der Waals surface area (Å²) in [5.74, 6) is 1.70. The zero-order valence-electron chi connectivity index (χ0n) is 18.3. The molecule has 1 N–H and O–H groups in total. The summed E-state index contributed by atoms with van der Waals surface area (Å²) in [5.41, 5.74) is 4.83. The van der Waals surface area contributed by atoms with Crippen LogP contribution in [0.25, 0.3) is 0 Å². The number of nitrogens with zero attached hydrogens (tertiary/aromatic N) is 1. The summed E-state index contributed by atoms with van der Waals surface area (Å²) in [7, 11) is 0. The maximum Gasteiger partial charge on any atom is 0.277 e. The van der Waals surface area contributed by atoms with E-state index in [1.807, 2.05) is 18.2 Å². The fourth-order valence-corrected chi connectivity index (χ4v) is 3.78. The molecular weight excluding hydrogens is 380 g/mol. The quantitative estimate of drug-likeness (QED) is 0.532. The van der Waals surface area contributed by atoms with Crippen molar-refractivity contribution in [1.29, 1.82) is 0 Å². The number of ether oxygens (including phenoxy) is 3. The normalized spacial score (nSPS) is 13.5. The Kier molecular flexibility index (Phi) is 6.34. The van der Waals surface area contributed by atoms with Crippen LogP contribution >= 0.6 is 0 Å². The Morgan fingerprint density at radius 3 is 2.47 bits per heavy atom. The molecule has 0 radical (unpaired) electrons. The van der Waals surface area contributed by atoms with E-state index in [0.717, 1.165) is 12.0 Å². The number of rotatable bonds is 7. The van der Waals surface area contributed by atoms with Crippen LogP contribution in [0.3, 0.4) is 0 Å². The molecule has 0 bridgehead atoms. The number of benzene rings is 2. The number of carbonyl (C=O) groups is 1. The van der Waals surface area contributed by atoms with E-state index in [2.05, 4.69) is 57.3 Å². The van der Waals surface area contributed by atoms with Crippen LogP contribution in [-0.2, 0) is 10.2 Å². The monoisotopic (exact) mass is 410 g/mol. The van der Waals surface area contributed by atoms with Crippen LogP contribution in [0.1, 0.15) is 52.2 Å². The molecule has 1 heterocycles. The maximum absolute atomic E-state index is 12.0. The number of nitrogens with one attached hydrogen (secondary N) is 1. The highest BCUT2D eigenvalue weighted by Gasteiger charge is 2.27. The molecule has 0 saturated carbocycles. The third-order valence-corrected chi connectivity index (χ3v) is 4.78. The Morgan fingerprint density at radius 1 is 1.07 bits per heavy atom. The van der Waals surface area contributed by atoms with Gasteiger partial charge in [-0.3, -0.25) is 4.79 Å². The Labute approximate surface area is 178 Å². The molecule has 0 saturated heterocycles. The van der Waals surface area contributed by atoms with Gasteiger partial charge in [-0.1, -0.05) is 46.8 Å². The van der Waals surface area contributed by atoms with Crippen molar-refractivity contribution in [2.45, 2.75) is 46.5 Å². The topological polar surface area (TPSA) is 69.2 Å². The molecule has 1 aliphatic heterocycles. The van der Waals surface area contributed by atoms with E-state index in [-0.39, 0.29) is 30.1 Å². The largest absolute Gasteiger partial charge is 0.484 e. The minimum atomic E-state index is -0.330. The molecule has 6 heteroatoms. The van der Waals surface area contributed by atoms with Crippen LogP contribution < -0.4 is 19.6 Å². The summed E-state index contributed by atoms with van der Waals surface area (Å²) in [6.45, 7) is 11.4. The van der Waals surface area contributed by atoms with Gasteiger partial charge in [-0.05, 0) is 58.7 Å². The van der Waals surface area contributed by atoms with Gasteiger partial charge in [0.15, 0.2) is 18.1 Å². The van der Waals surface area contributed by atoms with Crippen LogP contribution in [0, 0.1) is 5.41 Å². The SMILES string of the molecule is CC(C)(C)CC(C)(C)c1ccc(OCC(=O)N/N=C\c2ccc3c(c2)OCO3)cc1. The van der Waals surface area contributed by atoms with Crippen molar-refractivity contribution in [3.63, 3.8) is 0 Å². The molecule has 2 aromatic rings. The van der Waals surface area contributed by atoms with Crippen molar-refractivity contribution < 1.29 is 19.0 Å². The van der Waals surface area contributed by atoms with Gasteiger partial charge >= 0.3 is 0 Å². The van der Waals surface area contributed by atoms with E-state index in [9.17, 15) is 4.79 Å². The minimum Gasteiger partial charge on any atom is -0.484 e. The number of hydrogen-bond acceptors (Lipinski definition) is 5. The summed E-state index contributed by atoms with van der Waals surface area (Å²) in [4.78, 5) is 12.0. The zero-order chi connectivity index (χ0) is 21.8. The lowest BCUT2D eigenvalue weighted by Crippen LogP contribution is -2.25. The molecular formula is C24H30N2O4. The second kappa shape index (κ2) is 8.78. The van der Waals surface area contributed by atoms with Gasteiger partial charge in [-0.15, -0.1) is 0 Å². The molecule has 0 aliphatic carbocycles. The van der Waals surface area contributed by atoms with Crippen molar-refractivity contribution in [2.24, 2.45) is 10.5 Å². The predicted molar refractivity (Wildman–Crippen MR) is 117 cm³/mol. The van der Waals surface area contributed by atoms with Gasteiger partial charge in [0.05, 0.1) is 6.21 Å². The number of hydrogen-bond donors (Lipinski definition) is 1. The first-order chi connectivity index (χ1) is 14.1. The lowest BCUT2D eigenvalue weighted by Gasteiger charge is -2.33. The van der Waals surface area contributed by atoms with Crippen molar-refractivity contribution in [3.8, 4) is 17.2 Å². The van der Waals surface area contributed by atoms with Crippen LogP contribution in [0.2, 0.25) is 0 Å². The fraction of sp³-hybridized carbons (Fsp3) is 0.417. The highest BCUT2D eigenvalue weighted by Crippen LogP contribution is 2.36. The first kappa shape index (κ1) is 21.7. The Morgan fingerprint density at radius 2 is 1.77 bits per heavy atom. The van der Waals surface area contributed by atoms with E-state index in [0.29, 0.717) is 17.2 Å². The van der Waals surface area contributed by atoms with Gasteiger partial charge in [0, 0.05) is 0 Å². The number of fused-ring (bicyclic) bond motifs is 1. The second-order valence-corrected chi connectivity index (χ2v) is 9.34. The third-order valence-electron chi connectivity index (χ3n) is 4.78. The number of carbonyl (C=O) groups excluding carboxylic acids is 1. The molecule has 0 spiro atoms. The second-order valence-electron chi connectivity index (χ2n) is 9.34. The Balaban J connectivity index is 1.47. The molecule has 0 aromatic heterocycles. The highest BCUT2D eigenvalue weighted by atomic mass is 16.7. The number of hydrazone groups is 1. The first-order valence-electron chi connectivity index (χ1n) is 10.1. The van der Waals surface area contributed by atoms with Crippen LogP contribution in [0.4, 0.5) is 0 Å². The van der Waals surface area contributed by atoms with Gasteiger partial charge in [0.2, 0.25) is 6.79 Å². The minimum absolute atomic E-state index is 0.0671.